The van der Waals surface area contributed by atoms with E-state index in [0.717, 1.165) is 12.1 Å². The molecule has 0 radical (unpaired) electrons. The van der Waals surface area contributed by atoms with Gasteiger partial charge in [0, 0.05) is 18.3 Å². The second-order valence-corrected chi connectivity index (χ2v) is 3.10. The highest BCUT2D eigenvalue weighted by Gasteiger charge is 2.00. The smallest absolute Gasteiger partial charge is 0.114 e. The number of nitriles is 1. The van der Waals surface area contributed by atoms with Gasteiger partial charge < -0.3 is 5.73 Å². The molecule has 0 fully saturated rings. The molecule has 72 valence electrons. The van der Waals surface area contributed by atoms with Crippen LogP contribution in [0, 0.1) is 11.3 Å². The Balaban J connectivity index is 2.96. The molecule has 0 amide bonds. The predicted octanol–water partition coefficient (Wildman–Crippen LogP) is 1.10. The van der Waals surface area contributed by atoms with E-state index in [1.165, 1.54) is 0 Å². The van der Waals surface area contributed by atoms with Crippen LogP contribution in [0.4, 0.5) is 0 Å². The lowest BCUT2D eigenvalue weighted by Crippen LogP contribution is -2.09. The number of aryl methyl sites for hydroxylation is 1. The molecule has 1 rings (SSSR count). The van der Waals surface area contributed by atoms with E-state index in [0.29, 0.717) is 5.57 Å². The van der Waals surface area contributed by atoms with E-state index in [1.54, 1.807) is 17.0 Å². The molecule has 0 aliphatic rings. The minimum atomic E-state index is 0.108. The van der Waals surface area contributed by atoms with Crippen LogP contribution in [-0.4, -0.2) is 14.8 Å². The lowest BCUT2D eigenvalue weighted by atomic mass is 10.2. The van der Waals surface area contributed by atoms with Crippen molar-refractivity contribution in [2.45, 2.75) is 13.5 Å². The molecule has 4 nitrogen and oxygen atoms in total. The summed E-state index contributed by atoms with van der Waals surface area (Å²) in [7, 11) is 0. The highest BCUT2D eigenvalue weighted by Crippen LogP contribution is 2.05. The first kappa shape index (κ1) is 10.4. The van der Waals surface area contributed by atoms with E-state index < -0.39 is 0 Å². The van der Waals surface area contributed by atoms with E-state index in [2.05, 4.69) is 5.10 Å². The van der Waals surface area contributed by atoms with Crippen LogP contribution in [0.25, 0.3) is 6.08 Å². The van der Waals surface area contributed by atoms with Crippen LogP contribution in [0.5, 0.6) is 0 Å². The van der Waals surface area contributed by atoms with Crippen LogP contribution in [0.1, 0.15) is 12.5 Å². The van der Waals surface area contributed by atoms with Crippen molar-refractivity contribution in [3.8, 4) is 6.07 Å². The normalized spacial score (nSPS) is 11.0. The van der Waals surface area contributed by atoms with Crippen molar-refractivity contribution in [1.29, 1.82) is 5.26 Å². The fourth-order valence-electron chi connectivity index (χ4n) is 0.952. The zero-order valence-electron chi connectivity index (χ0n) is 7.77. The van der Waals surface area contributed by atoms with Gasteiger partial charge in [0.15, 0.2) is 0 Å². The topological polar surface area (TPSA) is 67.6 Å². The third kappa shape index (κ3) is 2.41. The summed E-state index contributed by atoms with van der Waals surface area (Å²) in [4.78, 5) is 0.108. The van der Waals surface area contributed by atoms with Gasteiger partial charge in [-0.25, -0.2) is 0 Å². The van der Waals surface area contributed by atoms with E-state index >= 15 is 0 Å². The maximum atomic E-state index is 8.71. The van der Waals surface area contributed by atoms with Gasteiger partial charge in [0.2, 0.25) is 0 Å². The molecule has 5 heteroatoms. The van der Waals surface area contributed by atoms with Gasteiger partial charge in [0.1, 0.15) is 11.1 Å². The van der Waals surface area contributed by atoms with Crippen LogP contribution in [0.3, 0.4) is 0 Å². The molecule has 0 bridgehead atoms. The quantitative estimate of drug-likeness (QED) is 0.457. The highest BCUT2D eigenvalue weighted by molar-refractivity contribution is 7.80. The van der Waals surface area contributed by atoms with E-state index in [1.807, 2.05) is 19.2 Å². The van der Waals surface area contributed by atoms with Crippen LogP contribution in [0.15, 0.2) is 18.0 Å². The van der Waals surface area contributed by atoms with Crippen LogP contribution in [-0.2, 0) is 6.54 Å². The fourth-order valence-corrected chi connectivity index (χ4v) is 1.06. The Morgan fingerprint density at radius 3 is 3.00 bits per heavy atom. The second kappa shape index (κ2) is 4.53. The molecule has 0 aromatic carbocycles. The summed E-state index contributed by atoms with van der Waals surface area (Å²) in [6.07, 6.45) is 5.12. The van der Waals surface area contributed by atoms with Gasteiger partial charge in [-0.05, 0) is 13.0 Å². The Hall–Kier alpha value is -1.67. The van der Waals surface area contributed by atoms with Crippen molar-refractivity contribution in [3.63, 3.8) is 0 Å². The Labute approximate surface area is 87.6 Å². The zero-order valence-corrected chi connectivity index (χ0v) is 8.58. The minimum absolute atomic E-state index is 0.108. The number of hydrogen-bond donors (Lipinski definition) is 1. The summed E-state index contributed by atoms with van der Waals surface area (Å²) >= 11 is 4.71. The molecule has 0 spiro atoms. The Kier molecular flexibility index (Phi) is 3.37. The van der Waals surface area contributed by atoms with E-state index in [4.69, 9.17) is 23.2 Å². The first-order chi connectivity index (χ1) is 6.67. The zero-order chi connectivity index (χ0) is 10.6. The van der Waals surface area contributed by atoms with Gasteiger partial charge in [0.25, 0.3) is 0 Å². The van der Waals surface area contributed by atoms with Gasteiger partial charge in [-0.15, -0.1) is 0 Å². The van der Waals surface area contributed by atoms with Crippen molar-refractivity contribution in [3.05, 3.63) is 23.5 Å². The molecular formula is C9H10N4S. The molecule has 1 heterocycles. The Bertz CT molecular complexity index is 411. The number of rotatable bonds is 3. The number of nitrogens with zero attached hydrogens (tertiary/aromatic N) is 3. The van der Waals surface area contributed by atoms with Gasteiger partial charge in [-0.2, -0.15) is 10.4 Å². The Morgan fingerprint density at radius 2 is 2.57 bits per heavy atom. The summed E-state index contributed by atoms with van der Waals surface area (Å²) in [5.74, 6) is 0. The molecule has 0 saturated carbocycles. The summed E-state index contributed by atoms with van der Waals surface area (Å²) in [5, 5.41) is 12.8. The lowest BCUT2D eigenvalue weighted by molar-refractivity contribution is 0.660. The molecule has 14 heavy (non-hydrogen) atoms. The molecule has 1 aromatic heterocycles. The first-order valence-corrected chi connectivity index (χ1v) is 4.52. The predicted molar refractivity (Wildman–Crippen MR) is 58.3 cm³/mol. The maximum absolute atomic E-state index is 8.71. The number of hydrogen-bond acceptors (Lipinski definition) is 3. The van der Waals surface area contributed by atoms with Crippen LogP contribution in [0.2, 0.25) is 0 Å². The third-order valence-corrected chi connectivity index (χ3v) is 1.89. The monoisotopic (exact) mass is 206 g/mol. The van der Waals surface area contributed by atoms with Crippen LogP contribution < -0.4 is 5.73 Å². The van der Waals surface area contributed by atoms with E-state index in [9.17, 15) is 0 Å². The van der Waals surface area contributed by atoms with Crippen molar-refractivity contribution in [2.24, 2.45) is 5.73 Å². The molecule has 0 aliphatic heterocycles. The summed E-state index contributed by atoms with van der Waals surface area (Å²) in [6, 6.07) is 1.94. The molecule has 0 unspecified atom stereocenters. The molecule has 1 aromatic rings. The van der Waals surface area contributed by atoms with Gasteiger partial charge in [-0.1, -0.05) is 12.2 Å². The molecule has 0 aliphatic carbocycles. The largest absolute Gasteiger partial charge is 0.389 e. The third-order valence-electron chi connectivity index (χ3n) is 1.67. The molecule has 0 atom stereocenters. The number of nitrogens with two attached hydrogens (primary N) is 1. The number of aromatic nitrogens is 2. The second-order valence-electron chi connectivity index (χ2n) is 2.66. The van der Waals surface area contributed by atoms with Crippen molar-refractivity contribution in [2.75, 3.05) is 0 Å². The van der Waals surface area contributed by atoms with E-state index in [-0.39, 0.29) is 4.99 Å². The van der Waals surface area contributed by atoms with Crippen molar-refractivity contribution in [1.82, 2.24) is 9.78 Å². The number of thiocarbonyl (C=S) groups is 1. The summed E-state index contributed by atoms with van der Waals surface area (Å²) < 4.78 is 1.76. The molecule has 2 N–H and O–H groups in total. The van der Waals surface area contributed by atoms with Crippen molar-refractivity contribution >= 4 is 23.3 Å². The fraction of sp³-hybridized carbons (Fsp3) is 0.222. The minimum Gasteiger partial charge on any atom is -0.389 e. The highest BCUT2D eigenvalue weighted by atomic mass is 32.1. The SMILES string of the molecule is CCn1cc(/C=C(/C#N)C(N)=S)cn1. The van der Waals surface area contributed by atoms with Crippen molar-refractivity contribution < 1.29 is 0 Å². The average molecular weight is 206 g/mol. The van der Waals surface area contributed by atoms with Crippen LogP contribution >= 0.6 is 12.2 Å². The molecular weight excluding hydrogens is 196 g/mol. The first-order valence-electron chi connectivity index (χ1n) is 4.11. The average Bonchev–Trinajstić information content (AvgIpc) is 2.61. The standard InChI is InChI=1S/C9H10N4S/c1-2-13-6-7(5-12-13)3-8(4-10)9(11)14/h3,5-6H,2H2,1H3,(H2,11,14)/b8-3-. The van der Waals surface area contributed by atoms with Gasteiger partial charge in [0.05, 0.1) is 11.8 Å². The maximum Gasteiger partial charge on any atom is 0.114 e. The molecule has 0 saturated heterocycles. The lowest BCUT2D eigenvalue weighted by Gasteiger charge is -1.92. The summed E-state index contributed by atoms with van der Waals surface area (Å²) in [5.41, 5.74) is 6.48. The summed E-state index contributed by atoms with van der Waals surface area (Å²) in [6.45, 7) is 2.78. The Morgan fingerprint density at radius 1 is 1.86 bits per heavy atom. The van der Waals surface area contributed by atoms with Gasteiger partial charge in [-0.3, -0.25) is 4.68 Å². The van der Waals surface area contributed by atoms with Gasteiger partial charge >= 0.3 is 0 Å².